The highest BCUT2D eigenvalue weighted by atomic mass is 35.5. The first-order chi connectivity index (χ1) is 30.2. The number of carbonyl (C=O) groups excluding carboxylic acids is 2. The van der Waals surface area contributed by atoms with Gasteiger partial charge in [0.15, 0.2) is 11.5 Å². The summed E-state index contributed by atoms with van der Waals surface area (Å²) < 4.78 is 18.7. The second-order valence-corrected chi connectivity index (χ2v) is 18.0. The zero-order valence-corrected chi connectivity index (χ0v) is 36.7. The number of allylic oxidation sites excluding steroid dienone is 2. The summed E-state index contributed by atoms with van der Waals surface area (Å²) in [5, 5.41) is 16.7. The van der Waals surface area contributed by atoms with Crippen LogP contribution >= 0.6 is 22.9 Å². The van der Waals surface area contributed by atoms with Crippen LogP contribution in [0.5, 0.6) is 17.2 Å². The molecule has 4 aromatic heterocycles. The monoisotopic (exact) mass is 888 g/mol. The number of fused-ring (bicyclic) bond motifs is 6. The topological polar surface area (TPSA) is 178 Å². The minimum atomic E-state index is -1.33. The number of methoxy groups -OCH3 is 2. The fourth-order valence-corrected chi connectivity index (χ4v) is 11.4. The molecule has 2 aliphatic heterocycles. The van der Waals surface area contributed by atoms with E-state index in [0.717, 1.165) is 25.1 Å². The highest BCUT2D eigenvalue weighted by molar-refractivity contribution is 7.22. The molecule has 2 amide bonds. The van der Waals surface area contributed by atoms with Gasteiger partial charge < -0.3 is 19.1 Å². The summed E-state index contributed by atoms with van der Waals surface area (Å²) in [5.41, 5.74) is 1.18. The van der Waals surface area contributed by atoms with E-state index in [4.69, 9.17) is 26.2 Å². The number of phenols is 1. The van der Waals surface area contributed by atoms with Crippen molar-refractivity contribution in [3.8, 4) is 27.8 Å². The number of aromatic hydroxyl groups is 1. The maximum Gasteiger partial charge on any atom is 0.347 e. The van der Waals surface area contributed by atoms with Crippen molar-refractivity contribution in [2.24, 2.45) is 25.4 Å². The molecular weight excluding hydrogens is 848 g/mol. The Labute approximate surface area is 367 Å². The predicted octanol–water partition coefficient (Wildman–Crippen LogP) is 5.47. The molecule has 4 atom stereocenters. The van der Waals surface area contributed by atoms with Crippen LogP contribution in [-0.4, -0.2) is 64.4 Å². The minimum absolute atomic E-state index is 0.0243. The van der Waals surface area contributed by atoms with Crippen molar-refractivity contribution >= 4 is 61.7 Å². The van der Waals surface area contributed by atoms with Crippen molar-refractivity contribution in [3.63, 3.8) is 0 Å². The van der Waals surface area contributed by atoms with Gasteiger partial charge in [-0.05, 0) is 72.7 Å². The van der Waals surface area contributed by atoms with Gasteiger partial charge in [-0.25, -0.2) is 33.4 Å². The lowest BCUT2D eigenvalue weighted by atomic mass is 9.56. The molecule has 0 bridgehead atoms. The number of hydrogen-bond acceptors (Lipinski definition) is 11. The molecule has 3 aliphatic rings. The summed E-state index contributed by atoms with van der Waals surface area (Å²) in [4.78, 5) is 79.0. The van der Waals surface area contributed by atoms with Crippen LogP contribution in [0.15, 0.2) is 86.7 Å². The number of nitrogens with zero attached hydrogens (tertiary/aromatic N) is 8. The Kier molecular flexibility index (Phi) is 9.24. The Balaban J connectivity index is 1.03. The lowest BCUT2D eigenvalue weighted by Gasteiger charge is -2.47. The Bertz CT molecular complexity index is 3340. The number of halogens is 1. The summed E-state index contributed by atoms with van der Waals surface area (Å²) in [6.45, 7) is 3.67. The van der Waals surface area contributed by atoms with Crippen LogP contribution in [-0.2, 0) is 43.2 Å². The first-order valence-electron chi connectivity index (χ1n) is 20.3. The van der Waals surface area contributed by atoms with E-state index in [0.29, 0.717) is 50.2 Å². The van der Waals surface area contributed by atoms with Gasteiger partial charge >= 0.3 is 11.4 Å². The summed E-state index contributed by atoms with van der Waals surface area (Å²) in [6.07, 6.45) is 1.90. The molecule has 63 heavy (non-hydrogen) atoms. The number of phenolic OH excluding ortho intramolecular Hbond substituents is 1. The van der Waals surface area contributed by atoms with E-state index >= 15 is 4.79 Å². The minimum Gasteiger partial charge on any atom is -0.508 e. The van der Waals surface area contributed by atoms with E-state index < -0.39 is 52.0 Å². The summed E-state index contributed by atoms with van der Waals surface area (Å²) in [6, 6.07) is 16.5. The van der Waals surface area contributed by atoms with Crippen LogP contribution in [0.4, 0.5) is 5.82 Å². The zero-order chi connectivity index (χ0) is 44.4. The number of amides is 2. The number of imide groups is 1. The number of ether oxygens (including phenoxy) is 2. The lowest BCUT2D eigenvalue weighted by Crippen LogP contribution is -2.49. The number of anilines is 1. The fourth-order valence-electron chi connectivity index (χ4n) is 10.1. The molecule has 1 N–H and O–H groups in total. The maximum atomic E-state index is 15.1. The third kappa shape index (κ3) is 5.81. The van der Waals surface area contributed by atoms with E-state index in [-0.39, 0.29) is 37.4 Å². The first-order valence-corrected chi connectivity index (χ1v) is 21.5. The normalized spacial score (nSPS) is 20.6. The van der Waals surface area contributed by atoms with E-state index in [1.165, 1.54) is 49.9 Å². The van der Waals surface area contributed by atoms with Gasteiger partial charge in [0.1, 0.15) is 23.0 Å². The highest BCUT2D eigenvalue weighted by Gasteiger charge is 2.66. The van der Waals surface area contributed by atoms with Crippen LogP contribution in [0.1, 0.15) is 42.1 Å². The number of rotatable bonds is 8. The molecule has 0 radical (unpaired) electrons. The molecule has 3 aromatic carbocycles. The smallest absolute Gasteiger partial charge is 0.347 e. The van der Waals surface area contributed by atoms with Crippen molar-refractivity contribution in [1.82, 2.24) is 33.3 Å². The molecule has 10 rings (SSSR count). The van der Waals surface area contributed by atoms with Crippen LogP contribution in [0.2, 0.25) is 5.02 Å². The van der Waals surface area contributed by atoms with Gasteiger partial charge in [0.2, 0.25) is 11.8 Å². The Morgan fingerprint density at radius 2 is 1.68 bits per heavy atom. The fraction of sp³-hybridized carbons (Fsp3) is 0.311. The van der Waals surface area contributed by atoms with Gasteiger partial charge in [-0.1, -0.05) is 29.8 Å². The highest BCUT2D eigenvalue weighted by Crippen LogP contribution is 2.61. The molecule has 16 nitrogen and oxygen atoms in total. The molecule has 4 unspecified atom stereocenters. The Morgan fingerprint density at radius 3 is 2.41 bits per heavy atom. The third-order valence-corrected chi connectivity index (χ3v) is 14.8. The van der Waals surface area contributed by atoms with Crippen LogP contribution in [0, 0.1) is 18.3 Å². The molecular formula is C45H41ClN8O8S. The summed E-state index contributed by atoms with van der Waals surface area (Å²) >= 11 is 7.88. The van der Waals surface area contributed by atoms with Gasteiger partial charge in [0.25, 0.3) is 5.56 Å². The Hall–Kier alpha value is -6.72. The van der Waals surface area contributed by atoms with Gasteiger partial charge in [-0.15, -0.1) is 11.3 Å². The number of aryl methyl sites for hydroxylation is 4. The molecule has 1 aliphatic carbocycles. The predicted molar refractivity (Wildman–Crippen MR) is 237 cm³/mol. The Morgan fingerprint density at radius 1 is 0.952 bits per heavy atom. The molecule has 2 fully saturated rings. The summed E-state index contributed by atoms with van der Waals surface area (Å²) in [5.74, 6) is -1.31. The molecule has 18 heteroatoms. The van der Waals surface area contributed by atoms with Gasteiger partial charge in [0.05, 0.1) is 54.0 Å². The largest absolute Gasteiger partial charge is 0.508 e. The van der Waals surface area contributed by atoms with Crippen LogP contribution in [0.25, 0.3) is 31.7 Å². The molecule has 322 valence electrons. The van der Waals surface area contributed by atoms with Crippen molar-refractivity contribution in [2.45, 2.75) is 51.7 Å². The molecule has 6 heterocycles. The second kappa shape index (κ2) is 14.4. The number of benzene rings is 3. The standard InChI is InChI=1S/C45H41ClN8O8S/c1-22-27-17-24(46)9-12-36(27)63-39(22)31-20-37(50(4)48-31)53-40(56)28-18-32-26(38(45(28,2)42(53)58)23-7-10-25(55)11-8-23)13-16-52-43(59)51(44(60)54(32)52)15-14-29-41(57)49(3)33-21-35(62-6)34(61-5)19-30(33)47-29/h7-13,17,19-21,28,32,38,55H,14-16,18H2,1-6H3. The van der Waals surface area contributed by atoms with Crippen LogP contribution < -0.4 is 31.3 Å². The quantitative estimate of drug-likeness (QED) is 0.152. The number of carbonyl (C=O) groups is 2. The number of thiophene rings is 1. The molecule has 1 saturated carbocycles. The lowest BCUT2D eigenvalue weighted by molar-refractivity contribution is -0.129. The average Bonchev–Trinajstić information content (AvgIpc) is 3.94. The van der Waals surface area contributed by atoms with E-state index in [1.807, 2.05) is 31.2 Å². The first kappa shape index (κ1) is 40.4. The summed E-state index contributed by atoms with van der Waals surface area (Å²) in [7, 11) is 6.31. The molecule has 0 spiro atoms. The zero-order valence-electron chi connectivity index (χ0n) is 35.1. The van der Waals surface area contributed by atoms with Crippen LogP contribution in [0.3, 0.4) is 0 Å². The van der Waals surface area contributed by atoms with Crippen molar-refractivity contribution in [2.75, 3.05) is 19.1 Å². The molecule has 7 aromatic rings. The third-order valence-electron chi connectivity index (χ3n) is 13.3. The second-order valence-electron chi connectivity index (χ2n) is 16.5. The van der Waals surface area contributed by atoms with E-state index in [1.54, 1.807) is 62.7 Å². The molecule has 1 saturated heterocycles. The van der Waals surface area contributed by atoms with Crippen molar-refractivity contribution in [1.29, 1.82) is 0 Å². The SMILES string of the molecule is COc1cc2nc(CCn3c(=O)n4n(c3=O)C3CC5C(=O)N(c6cc(-c7sc8ccc(Cl)cc8c7C)nn6C)C(=O)C5(C)C(c5ccc(O)cc5)C3=CC4)c(=O)n(C)c2cc1OC. The van der Waals surface area contributed by atoms with Crippen molar-refractivity contribution in [3.05, 3.63) is 125 Å². The van der Waals surface area contributed by atoms with Crippen molar-refractivity contribution < 1.29 is 24.2 Å². The van der Waals surface area contributed by atoms with Gasteiger partial charge in [0, 0.05) is 60.9 Å². The number of hydrogen-bond donors (Lipinski definition) is 1. The number of aromatic nitrogens is 7. The van der Waals surface area contributed by atoms with Gasteiger partial charge in [-0.2, -0.15) is 5.10 Å². The average molecular weight is 889 g/mol. The van der Waals surface area contributed by atoms with E-state index in [9.17, 15) is 24.3 Å². The maximum absolute atomic E-state index is 15.1. The van der Waals surface area contributed by atoms with E-state index in [2.05, 4.69) is 4.98 Å². The van der Waals surface area contributed by atoms with Gasteiger partial charge in [-0.3, -0.25) is 19.1 Å².